The highest BCUT2D eigenvalue weighted by Crippen LogP contribution is 2.26. The second-order valence-electron chi connectivity index (χ2n) is 3.76. The lowest BCUT2D eigenvalue weighted by Crippen LogP contribution is -1.94. The van der Waals surface area contributed by atoms with Crippen molar-refractivity contribution in [1.82, 2.24) is 9.97 Å². The predicted octanol–water partition coefficient (Wildman–Crippen LogP) is 2.96. The van der Waals surface area contributed by atoms with Gasteiger partial charge in [-0.1, -0.05) is 6.07 Å². The number of carboxylic acid groups (broad SMARTS) is 1. The number of oxazole rings is 1. The molecule has 6 heteroatoms. The Balaban J connectivity index is 2.09. The summed E-state index contributed by atoms with van der Waals surface area (Å²) in [6.45, 7) is 1.78. The lowest BCUT2D eigenvalue weighted by Gasteiger charge is -1.95. The molecule has 0 aliphatic heterocycles. The summed E-state index contributed by atoms with van der Waals surface area (Å²) >= 11 is 1.11. The van der Waals surface area contributed by atoms with Crippen LogP contribution in [0.15, 0.2) is 28.0 Å². The van der Waals surface area contributed by atoms with Gasteiger partial charge in [-0.25, -0.2) is 14.8 Å². The molecule has 90 valence electrons. The number of hydrogen-bond acceptors (Lipinski definition) is 5. The summed E-state index contributed by atoms with van der Waals surface area (Å²) in [4.78, 5) is 19.0. The van der Waals surface area contributed by atoms with Crippen LogP contribution in [0.1, 0.15) is 15.7 Å². The van der Waals surface area contributed by atoms with Crippen molar-refractivity contribution in [2.24, 2.45) is 0 Å². The Morgan fingerprint density at radius 3 is 2.94 bits per heavy atom. The van der Waals surface area contributed by atoms with E-state index >= 15 is 0 Å². The standard InChI is InChI=1S/C12H8N2O3S/c1-6-13-8-3-2-7(4-10(8)17-6)9-5-18-11(14-9)12(15)16/h2-5H,1H3,(H,15,16). The molecule has 0 spiro atoms. The van der Waals surface area contributed by atoms with Crippen molar-refractivity contribution in [3.8, 4) is 11.3 Å². The average Bonchev–Trinajstić information content (AvgIpc) is 2.91. The number of carboxylic acids is 1. The van der Waals surface area contributed by atoms with Crippen molar-refractivity contribution in [2.75, 3.05) is 0 Å². The van der Waals surface area contributed by atoms with E-state index < -0.39 is 5.97 Å². The molecule has 0 saturated heterocycles. The van der Waals surface area contributed by atoms with Crippen molar-refractivity contribution in [3.63, 3.8) is 0 Å². The number of benzene rings is 1. The Morgan fingerprint density at radius 2 is 2.22 bits per heavy atom. The maximum Gasteiger partial charge on any atom is 0.365 e. The first-order chi connectivity index (χ1) is 8.63. The first kappa shape index (κ1) is 10.9. The van der Waals surface area contributed by atoms with Gasteiger partial charge in [0.25, 0.3) is 0 Å². The zero-order chi connectivity index (χ0) is 12.7. The Labute approximate surface area is 106 Å². The van der Waals surface area contributed by atoms with Gasteiger partial charge in [0.1, 0.15) is 5.52 Å². The van der Waals surface area contributed by atoms with E-state index in [0.29, 0.717) is 17.2 Å². The zero-order valence-corrected chi connectivity index (χ0v) is 10.2. The van der Waals surface area contributed by atoms with E-state index in [1.807, 2.05) is 18.2 Å². The summed E-state index contributed by atoms with van der Waals surface area (Å²) in [7, 11) is 0. The van der Waals surface area contributed by atoms with Crippen LogP contribution >= 0.6 is 11.3 Å². The van der Waals surface area contributed by atoms with E-state index in [4.69, 9.17) is 9.52 Å². The third-order valence-corrected chi connectivity index (χ3v) is 3.31. The lowest BCUT2D eigenvalue weighted by molar-refractivity contribution is 0.0696. The Hall–Kier alpha value is -2.21. The van der Waals surface area contributed by atoms with E-state index in [2.05, 4.69) is 9.97 Å². The number of rotatable bonds is 2. The average molecular weight is 260 g/mol. The summed E-state index contributed by atoms with van der Waals surface area (Å²) < 4.78 is 5.43. The van der Waals surface area contributed by atoms with Gasteiger partial charge in [0.2, 0.25) is 5.01 Å². The number of thiazole rings is 1. The third-order valence-electron chi connectivity index (χ3n) is 2.48. The molecule has 0 aliphatic carbocycles. The lowest BCUT2D eigenvalue weighted by atomic mass is 10.1. The summed E-state index contributed by atoms with van der Waals surface area (Å²) in [5.74, 6) is -0.408. The fraction of sp³-hybridized carbons (Fsp3) is 0.0833. The number of aromatic nitrogens is 2. The van der Waals surface area contributed by atoms with Crippen molar-refractivity contribution >= 4 is 28.4 Å². The number of carbonyl (C=O) groups is 1. The fourth-order valence-corrected chi connectivity index (χ4v) is 2.37. The quantitative estimate of drug-likeness (QED) is 0.766. The van der Waals surface area contributed by atoms with Gasteiger partial charge in [-0.3, -0.25) is 0 Å². The van der Waals surface area contributed by atoms with Crippen molar-refractivity contribution in [1.29, 1.82) is 0 Å². The van der Waals surface area contributed by atoms with Gasteiger partial charge < -0.3 is 9.52 Å². The van der Waals surface area contributed by atoms with Crippen LogP contribution in [-0.4, -0.2) is 21.0 Å². The highest BCUT2D eigenvalue weighted by molar-refractivity contribution is 7.11. The van der Waals surface area contributed by atoms with Gasteiger partial charge >= 0.3 is 5.97 Å². The third kappa shape index (κ3) is 1.76. The summed E-state index contributed by atoms with van der Waals surface area (Å²) in [5, 5.41) is 10.6. The molecular formula is C12H8N2O3S. The molecular weight excluding hydrogens is 252 g/mol. The normalized spacial score (nSPS) is 10.9. The smallest absolute Gasteiger partial charge is 0.365 e. The molecule has 0 fully saturated rings. The molecule has 0 unspecified atom stereocenters. The van der Waals surface area contributed by atoms with Gasteiger partial charge in [-0.05, 0) is 12.1 Å². The van der Waals surface area contributed by atoms with E-state index in [-0.39, 0.29) is 5.01 Å². The van der Waals surface area contributed by atoms with Crippen molar-refractivity contribution in [3.05, 3.63) is 34.5 Å². The molecule has 0 atom stereocenters. The van der Waals surface area contributed by atoms with Gasteiger partial charge in [0.15, 0.2) is 11.5 Å². The van der Waals surface area contributed by atoms with E-state index in [1.165, 1.54) is 0 Å². The van der Waals surface area contributed by atoms with Gasteiger partial charge in [-0.2, -0.15) is 0 Å². The van der Waals surface area contributed by atoms with Crippen LogP contribution in [0.5, 0.6) is 0 Å². The first-order valence-electron chi connectivity index (χ1n) is 5.20. The van der Waals surface area contributed by atoms with Crippen LogP contribution in [0, 0.1) is 6.92 Å². The number of aryl methyl sites for hydroxylation is 1. The van der Waals surface area contributed by atoms with Crippen molar-refractivity contribution in [2.45, 2.75) is 6.92 Å². The number of hydrogen-bond donors (Lipinski definition) is 1. The minimum Gasteiger partial charge on any atom is -0.476 e. The van der Waals surface area contributed by atoms with Crippen LogP contribution in [-0.2, 0) is 0 Å². The van der Waals surface area contributed by atoms with Crippen LogP contribution in [0.4, 0.5) is 0 Å². The van der Waals surface area contributed by atoms with Crippen LogP contribution < -0.4 is 0 Å². The van der Waals surface area contributed by atoms with E-state index in [1.54, 1.807) is 12.3 Å². The minimum atomic E-state index is -1.01. The maximum absolute atomic E-state index is 10.8. The van der Waals surface area contributed by atoms with E-state index in [0.717, 1.165) is 22.4 Å². The predicted molar refractivity (Wildman–Crippen MR) is 66.8 cm³/mol. The second kappa shape index (κ2) is 3.92. The highest BCUT2D eigenvalue weighted by Gasteiger charge is 2.11. The molecule has 0 saturated carbocycles. The molecule has 0 amide bonds. The molecule has 2 aromatic heterocycles. The molecule has 0 aliphatic rings. The van der Waals surface area contributed by atoms with Crippen LogP contribution in [0.3, 0.4) is 0 Å². The van der Waals surface area contributed by atoms with Crippen LogP contribution in [0.25, 0.3) is 22.4 Å². The maximum atomic E-state index is 10.8. The monoisotopic (exact) mass is 260 g/mol. The molecule has 1 aromatic carbocycles. The molecule has 0 radical (unpaired) electrons. The summed E-state index contributed by atoms with van der Waals surface area (Å²) in [6.07, 6.45) is 0. The van der Waals surface area contributed by atoms with Crippen LogP contribution in [0.2, 0.25) is 0 Å². The molecule has 3 aromatic rings. The minimum absolute atomic E-state index is 0.0823. The van der Waals surface area contributed by atoms with Gasteiger partial charge in [0, 0.05) is 17.9 Å². The molecule has 3 rings (SSSR count). The fourth-order valence-electron chi connectivity index (χ4n) is 1.70. The SMILES string of the molecule is Cc1nc2ccc(-c3csc(C(=O)O)n3)cc2o1. The van der Waals surface area contributed by atoms with Gasteiger partial charge in [-0.15, -0.1) is 11.3 Å². The Kier molecular flexibility index (Phi) is 2.38. The first-order valence-corrected chi connectivity index (χ1v) is 6.08. The summed E-state index contributed by atoms with van der Waals surface area (Å²) in [6, 6.07) is 5.50. The number of nitrogens with zero attached hydrogens (tertiary/aromatic N) is 2. The number of fused-ring (bicyclic) bond motifs is 1. The molecule has 5 nitrogen and oxygen atoms in total. The zero-order valence-electron chi connectivity index (χ0n) is 9.38. The molecule has 1 N–H and O–H groups in total. The largest absolute Gasteiger partial charge is 0.476 e. The second-order valence-corrected chi connectivity index (χ2v) is 4.62. The molecule has 0 bridgehead atoms. The molecule has 18 heavy (non-hydrogen) atoms. The van der Waals surface area contributed by atoms with Gasteiger partial charge in [0.05, 0.1) is 5.69 Å². The van der Waals surface area contributed by atoms with E-state index in [9.17, 15) is 4.79 Å². The topological polar surface area (TPSA) is 76.2 Å². The molecule has 2 heterocycles. The number of aromatic carboxylic acids is 1. The van der Waals surface area contributed by atoms with Crippen molar-refractivity contribution < 1.29 is 14.3 Å². The Bertz CT molecular complexity index is 745. The Morgan fingerprint density at radius 1 is 1.39 bits per heavy atom. The highest BCUT2D eigenvalue weighted by atomic mass is 32.1. The summed E-state index contributed by atoms with van der Waals surface area (Å²) in [5.41, 5.74) is 2.91.